The van der Waals surface area contributed by atoms with E-state index in [1.165, 1.54) is 24.9 Å². The van der Waals surface area contributed by atoms with E-state index in [9.17, 15) is 0 Å². The van der Waals surface area contributed by atoms with Crippen molar-refractivity contribution in [1.29, 1.82) is 0 Å². The van der Waals surface area contributed by atoms with Gasteiger partial charge in [0.25, 0.3) is 0 Å². The van der Waals surface area contributed by atoms with E-state index in [2.05, 4.69) is 30.5 Å². The topological polar surface area (TPSA) is 55.9 Å². The van der Waals surface area contributed by atoms with Gasteiger partial charge >= 0.3 is 0 Å². The van der Waals surface area contributed by atoms with Gasteiger partial charge in [-0.25, -0.2) is 0 Å². The first-order valence-corrected chi connectivity index (χ1v) is 6.62. The summed E-state index contributed by atoms with van der Waals surface area (Å²) in [7, 11) is 1.98. The molecule has 0 amide bonds. The number of rotatable bonds is 4. The monoisotopic (exact) mass is 236 g/mol. The van der Waals surface area contributed by atoms with Crippen LogP contribution in [0.25, 0.3) is 0 Å². The minimum absolute atomic E-state index is 0.455. The molecule has 0 aliphatic heterocycles. The van der Waals surface area contributed by atoms with Crippen LogP contribution in [0.5, 0.6) is 0 Å². The minimum atomic E-state index is 0.455. The molecule has 17 heavy (non-hydrogen) atoms. The molecule has 1 aliphatic rings. The van der Waals surface area contributed by atoms with Crippen molar-refractivity contribution in [2.24, 2.45) is 18.7 Å². The van der Waals surface area contributed by atoms with Gasteiger partial charge in [0.05, 0.1) is 11.4 Å². The number of anilines is 1. The maximum Gasteiger partial charge on any atom is 0.0881 e. The fourth-order valence-corrected chi connectivity index (χ4v) is 2.75. The van der Waals surface area contributed by atoms with E-state index >= 15 is 0 Å². The van der Waals surface area contributed by atoms with E-state index in [4.69, 9.17) is 5.73 Å². The van der Waals surface area contributed by atoms with Crippen LogP contribution < -0.4 is 11.1 Å². The molecule has 0 saturated heterocycles. The zero-order chi connectivity index (χ0) is 12.4. The molecule has 0 bridgehead atoms. The molecule has 96 valence electrons. The van der Waals surface area contributed by atoms with E-state index in [1.807, 2.05) is 11.7 Å². The maximum atomic E-state index is 5.82. The van der Waals surface area contributed by atoms with Crippen LogP contribution in [0.1, 0.15) is 44.7 Å². The number of aromatic nitrogens is 2. The van der Waals surface area contributed by atoms with Crippen LogP contribution in [0.15, 0.2) is 6.20 Å². The third-order valence-corrected chi connectivity index (χ3v) is 3.71. The Balaban J connectivity index is 2.12. The predicted octanol–water partition coefficient (Wildman–Crippen LogP) is 2.08. The first-order chi connectivity index (χ1) is 8.11. The number of nitrogens with zero attached hydrogens (tertiary/aromatic N) is 2. The Morgan fingerprint density at radius 2 is 2.29 bits per heavy atom. The first kappa shape index (κ1) is 12.4. The third-order valence-electron chi connectivity index (χ3n) is 3.71. The van der Waals surface area contributed by atoms with E-state index in [0.29, 0.717) is 17.9 Å². The highest BCUT2D eigenvalue weighted by atomic mass is 15.3. The van der Waals surface area contributed by atoms with E-state index in [-0.39, 0.29) is 0 Å². The number of nitrogens with two attached hydrogens (primary N) is 1. The van der Waals surface area contributed by atoms with Crippen LogP contribution in [0.2, 0.25) is 0 Å². The number of nitrogens with one attached hydrogen (secondary N) is 1. The van der Waals surface area contributed by atoms with E-state index in [1.54, 1.807) is 0 Å². The molecular weight excluding hydrogens is 212 g/mol. The highest BCUT2D eigenvalue weighted by molar-refractivity contribution is 5.48. The SMILES string of the molecule is CC(C)c1nn(C)cc1NC1CCCC1CN. The Morgan fingerprint density at radius 1 is 1.53 bits per heavy atom. The van der Waals surface area contributed by atoms with Crippen molar-refractivity contribution in [1.82, 2.24) is 9.78 Å². The summed E-state index contributed by atoms with van der Waals surface area (Å²) >= 11 is 0. The maximum absolute atomic E-state index is 5.82. The first-order valence-electron chi connectivity index (χ1n) is 6.62. The largest absolute Gasteiger partial charge is 0.379 e. The van der Waals surface area contributed by atoms with E-state index < -0.39 is 0 Å². The van der Waals surface area contributed by atoms with Crippen molar-refractivity contribution in [3.05, 3.63) is 11.9 Å². The lowest BCUT2D eigenvalue weighted by molar-refractivity contribution is 0.516. The second kappa shape index (κ2) is 5.08. The average molecular weight is 236 g/mol. The molecule has 0 spiro atoms. The molecule has 2 atom stereocenters. The fourth-order valence-electron chi connectivity index (χ4n) is 2.75. The van der Waals surface area contributed by atoms with Gasteiger partial charge in [0, 0.05) is 19.3 Å². The average Bonchev–Trinajstić information content (AvgIpc) is 2.85. The summed E-state index contributed by atoms with van der Waals surface area (Å²) in [6.07, 6.45) is 5.86. The molecule has 2 unspecified atom stereocenters. The fraction of sp³-hybridized carbons (Fsp3) is 0.769. The van der Waals surface area contributed by atoms with Crippen molar-refractivity contribution < 1.29 is 0 Å². The summed E-state index contributed by atoms with van der Waals surface area (Å²) in [5.74, 6) is 1.08. The summed E-state index contributed by atoms with van der Waals surface area (Å²) in [5.41, 5.74) is 8.17. The molecule has 1 fully saturated rings. The van der Waals surface area contributed by atoms with Gasteiger partial charge in [-0.15, -0.1) is 0 Å². The summed E-state index contributed by atoms with van der Waals surface area (Å²) in [5, 5.41) is 8.18. The van der Waals surface area contributed by atoms with Crippen molar-refractivity contribution in [3.8, 4) is 0 Å². The Hall–Kier alpha value is -1.03. The van der Waals surface area contributed by atoms with Gasteiger partial charge in [0.1, 0.15) is 0 Å². The molecule has 1 heterocycles. The Morgan fingerprint density at radius 3 is 2.94 bits per heavy atom. The quantitative estimate of drug-likeness (QED) is 0.841. The molecule has 0 aromatic carbocycles. The molecule has 4 nitrogen and oxygen atoms in total. The van der Waals surface area contributed by atoms with Gasteiger partial charge in [-0.3, -0.25) is 4.68 Å². The second-order valence-corrected chi connectivity index (χ2v) is 5.43. The zero-order valence-corrected chi connectivity index (χ0v) is 11.1. The van der Waals surface area contributed by atoms with Gasteiger partial charge in [0.2, 0.25) is 0 Å². The Bertz CT molecular complexity index is 369. The van der Waals surface area contributed by atoms with Crippen LogP contribution in [0.4, 0.5) is 5.69 Å². The Kier molecular flexibility index (Phi) is 3.72. The van der Waals surface area contributed by atoms with E-state index in [0.717, 1.165) is 12.2 Å². The van der Waals surface area contributed by atoms with Gasteiger partial charge in [0.15, 0.2) is 0 Å². The lowest BCUT2D eigenvalue weighted by Crippen LogP contribution is -2.29. The molecule has 1 aromatic heterocycles. The third kappa shape index (κ3) is 2.63. The number of hydrogen-bond acceptors (Lipinski definition) is 3. The lowest BCUT2D eigenvalue weighted by Gasteiger charge is -2.20. The molecule has 3 N–H and O–H groups in total. The van der Waals surface area contributed by atoms with Crippen molar-refractivity contribution in [3.63, 3.8) is 0 Å². The van der Waals surface area contributed by atoms with Crippen molar-refractivity contribution in [2.75, 3.05) is 11.9 Å². The zero-order valence-electron chi connectivity index (χ0n) is 11.1. The summed E-state index contributed by atoms with van der Waals surface area (Å²) in [6.45, 7) is 5.15. The molecule has 1 aromatic rings. The normalized spacial score (nSPS) is 24.5. The molecular formula is C13H24N4. The molecule has 2 rings (SSSR count). The molecule has 1 saturated carbocycles. The summed E-state index contributed by atoms with van der Waals surface area (Å²) in [6, 6.07) is 0.529. The number of aryl methyl sites for hydroxylation is 1. The molecule has 4 heteroatoms. The minimum Gasteiger partial charge on any atom is -0.379 e. The van der Waals surface area contributed by atoms with Crippen LogP contribution >= 0.6 is 0 Å². The Labute approximate surface area is 104 Å². The molecule has 0 radical (unpaired) electrons. The number of hydrogen-bond donors (Lipinski definition) is 2. The van der Waals surface area contributed by atoms with Crippen LogP contribution in [0, 0.1) is 5.92 Å². The van der Waals surface area contributed by atoms with Crippen LogP contribution in [-0.2, 0) is 7.05 Å². The van der Waals surface area contributed by atoms with Crippen molar-refractivity contribution >= 4 is 5.69 Å². The molecule has 1 aliphatic carbocycles. The van der Waals surface area contributed by atoms with Gasteiger partial charge < -0.3 is 11.1 Å². The standard InChI is InChI=1S/C13H24N4/c1-9(2)13-12(8-17(3)16-13)15-11-6-4-5-10(11)7-14/h8-11,15H,4-7,14H2,1-3H3. The predicted molar refractivity (Wildman–Crippen MR) is 71.1 cm³/mol. The lowest BCUT2D eigenvalue weighted by atomic mass is 10.0. The van der Waals surface area contributed by atoms with Crippen molar-refractivity contribution in [2.45, 2.75) is 45.1 Å². The second-order valence-electron chi connectivity index (χ2n) is 5.43. The van der Waals surface area contributed by atoms with Crippen LogP contribution in [-0.4, -0.2) is 22.4 Å². The highest BCUT2D eigenvalue weighted by Gasteiger charge is 2.27. The van der Waals surface area contributed by atoms with Gasteiger partial charge in [-0.05, 0) is 31.2 Å². The summed E-state index contributed by atoms with van der Waals surface area (Å²) in [4.78, 5) is 0. The van der Waals surface area contributed by atoms with Gasteiger partial charge in [-0.2, -0.15) is 5.10 Å². The highest BCUT2D eigenvalue weighted by Crippen LogP contribution is 2.30. The smallest absolute Gasteiger partial charge is 0.0881 e. The van der Waals surface area contributed by atoms with Crippen LogP contribution in [0.3, 0.4) is 0 Å². The summed E-state index contributed by atoms with van der Waals surface area (Å²) < 4.78 is 1.89. The van der Waals surface area contributed by atoms with Gasteiger partial charge in [-0.1, -0.05) is 20.3 Å².